The second-order valence-electron chi connectivity index (χ2n) is 5.85. The maximum absolute atomic E-state index is 10.4. The summed E-state index contributed by atoms with van der Waals surface area (Å²) in [6.07, 6.45) is 10.8. The van der Waals surface area contributed by atoms with Gasteiger partial charge >= 0.3 is 0 Å². The highest BCUT2D eigenvalue weighted by Crippen LogP contribution is 1.96. The summed E-state index contributed by atoms with van der Waals surface area (Å²) in [6, 6.07) is 0. The van der Waals surface area contributed by atoms with E-state index >= 15 is 0 Å². The van der Waals surface area contributed by atoms with Crippen LogP contribution in [0.2, 0.25) is 0 Å². The molecule has 25 heavy (non-hydrogen) atoms. The highest BCUT2D eigenvalue weighted by Gasteiger charge is 2.03. The fraction of sp³-hybridized carbons (Fsp3) is 0.800. The van der Waals surface area contributed by atoms with Gasteiger partial charge in [0.15, 0.2) is 0 Å². The lowest BCUT2D eigenvalue weighted by atomic mass is 10.3. The molecule has 0 bridgehead atoms. The zero-order valence-electron chi connectivity index (χ0n) is 15.0. The molecule has 1 rings (SSSR count). The van der Waals surface area contributed by atoms with Crippen LogP contribution >= 0.6 is 0 Å². The molecule has 0 aromatic carbocycles. The molecule has 1 aromatic rings. The van der Waals surface area contributed by atoms with Gasteiger partial charge in [0.25, 0.3) is 10.1 Å². The zero-order chi connectivity index (χ0) is 19.3. The van der Waals surface area contributed by atoms with E-state index in [4.69, 9.17) is 4.55 Å². The first kappa shape index (κ1) is 24.0. The third-order valence-corrected chi connectivity index (χ3v) is 4.93. The van der Waals surface area contributed by atoms with Crippen LogP contribution < -0.4 is 4.57 Å². The molecule has 0 atom stereocenters. The van der Waals surface area contributed by atoms with Gasteiger partial charge in [-0.2, -0.15) is 8.42 Å². The first-order chi connectivity index (χ1) is 11.6. The Balaban J connectivity index is 0.000000609. The summed E-state index contributed by atoms with van der Waals surface area (Å²) in [7, 11) is -7.74. The summed E-state index contributed by atoms with van der Waals surface area (Å²) in [5, 5.41) is 0. The summed E-state index contributed by atoms with van der Waals surface area (Å²) in [5.41, 5.74) is 0. The second-order valence-corrected chi connectivity index (χ2v) is 8.95. The van der Waals surface area contributed by atoms with E-state index < -0.39 is 20.2 Å². The van der Waals surface area contributed by atoms with E-state index in [0.717, 1.165) is 25.9 Å². The molecule has 0 amide bonds. The van der Waals surface area contributed by atoms with Gasteiger partial charge in [0.05, 0.1) is 29.0 Å². The minimum atomic E-state index is -4.05. The van der Waals surface area contributed by atoms with Crippen LogP contribution in [0.1, 0.15) is 52.4 Å². The summed E-state index contributed by atoms with van der Waals surface area (Å²) >= 11 is 0. The van der Waals surface area contributed by atoms with Gasteiger partial charge in [0, 0.05) is 5.75 Å². The molecule has 0 aliphatic rings. The lowest BCUT2D eigenvalue weighted by Gasteiger charge is -2.04. The number of hydrogen-bond donors (Lipinski definition) is 1. The largest absolute Gasteiger partial charge is 0.748 e. The molecule has 0 aliphatic carbocycles. The van der Waals surface area contributed by atoms with Crippen LogP contribution in [-0.4, -0.2) is 42.0 Å². The third-order valence-electron chi connectivity index (χ3n) is 3.33. The van der Waals surface area contributed by atoms with Crippen molar-refractivity contribution in [1.29, 1.82) is 0 Å². The standard InChI is InChI=1S/C11H20N2O3S.C4H10O3S/c1-2-3-6-12-8-9-13(11-12)7-4-5-10-17(14,15)16;1-2-3-4-8(5,6)7/h8-9,11H,2-7,10H2,1H3;2-4H2,1H3,(H,5,6,7). The lowest BCUT2D eigenvalue weighted by Crippen LogP contribution is -2.31. The summed E-state index contributed by atoms with van der Waals surface area (Å²) < 4.78 is 63.3. The quantitative estimate of drug-likeness (QED) is 0.343. The zero-order valence-corrected chi connectivity index (χ0v) is 16.6. The fourth-order valence-corrected chi connectivity index (χ4v) is 3.16. The number of aryl methyl sites for hydroxylation is 2. The first-order valence-electron chi connectivity index (χ1n) is 8.51. The Hall–Kier alpha value is -0.970. The highest BCUT2D eigenvalue weighted by atomic mass is 32.2. The Labute approximate surface area is 151 Å². The van der Waals surface area contributed by atoms with Crippen molar-refractivity contribution in [2.75, 3.05) is 11.5 Å². The minimum Gasteiger partial charge on any atom is -0.748 e. The Morgan fingerprint density at radius 1 is 1.00 bits per heavy atom. The highest BCUT2D eigenvalue weighted by molar-refractivity contribution is 7.85. The van der Waals surface area contributed by atoms with E-state index in [9.17, 15) is 21.4 Å². The van der Waals surface area contributed by atoms with Gasteiger partial charge < -0.3 is 4.55 Å². The smallest absolute Gasteiger partial charge is 0.264 e. The Morgan fingerprint density at radius 2 is 1.64 bits per heavy atom. The topological polar surface area (TPSA) is 120 Å². The molecular weight excluding hydrogens is 368 g/mol. The van der Waals surface area contributed by atoms with Gasteiger partial charge in [0.1, 0.15) is 12.4 Å². The van der Waals surface area contributed by atoms with Crippen molar-refractivity contribution in [3.8, 4) is 0 Å². The van der Waals surface area contributed by atoms with Crippen LogP contribution in [0.4, 0.5) is 0 Å². The molecule has 0 spiro atoms. The van der Waals surface area contributed by atoms with Crippen molar-refractivity contribution in [2.24, 2.45) is 0 Å². The van der Waals surface area contributed by atoms with E-state index in [1.807, 2.05) is 30.2 Å². The van der Waals surface area contributed by atoms with Gasteiger partial charge in [0.2, 0.25) is 6.33 Å². The van der Waals surface area contributed by atoms with Crippen LogP contribution in [0.3, 0.4) is 0 Å². The maximum atomic E-state index is 10.4. The van der Waals surface area contributed by atoms with Gasteiger partial charge in [-0.25, -0.2) is 17.6 Å². The molecule has 0 fully saturated rings. The fourth-order valence-electron chi connectivity index (χ4n) is 1.94. The third kappa shape index (κ3) is 16.3. The van der Waals surface area contributed by atoms with Crippen molar-refractivity contribution >= 4 is 20.2 Å². The molecule has 0 aliphatic heterocycles. The van der Waals surface area contributed by atoms with Crippen LogP contribution in [0, 0.1) is 0 Å². The number of aromatic nitrogens is 2. The van der Waals surface area contributed by atoms with Crippen molar-refractivity contribution in [1.82, 2.24) is 4.57 Å². The number of unbranched alkanes of at least 4 members (excludes halogenated alkanes) is 3. The van der Waals surface area contributed by atoms with Crippen molar-refractivity contribution in [3.63, 3.8) is 0 Å². The van der Waals surface area contributed by atoms with E-state index in [-0.39, 0.29) is 11.5 Å². The summed E-state index contributed by atoms with van der Waals surface area (Å²) in [6.45, 7) is 5.79. The van der Waals surface area contributed by atoms with Crippen LogP contribution in [0.15, 0.2) is 18.7 Å². The van der Waals surface area contributed by atoms with Crippen molar-refractivity contribution in [2.45, 2.75) is 65.5 Å². The molecule has 10 heteroatoms. The Kier molecular flexibility index (Phi) is 11.9. The number of nitrogens with zero attached hydrogens (tertiary/aromatic N) is 2. The van der Waals surface area contributed by atoms with E-state index in [1.54, 1.807) is 0 Å². The molecule has 148 valence electrons. The Morgan fingerprint density at radius 3 is 2.12 bits per heavy atom. The van der Waals surface area contributed by atoms with E-state index in [2.05, 4.69) is 11.5 Å². The molecule has 1 heterocycles. The molecule has 0 saturated carbocycles. The summed E-state index contributed by atoms with van der Waals surface area (Å²) in [5.74, 6) is -0.367. The lowest BCUT2D eigenvalue weighted by molar-refractivity contribution is -0.696. The number of rotatable bonds is 11. The number of imidazole rings is 1. The van der Waals surface area contributed by atoms with Crippen molar-refractivity contribution < 1.29 is 30.5 Å². The molecule has 8 nitrogen and oxygen atoms in total. The normalized spacial score (nSPS) is 11.8. The average Bonchev–Trinajstić information content (AvgIpc) is 2.94. The summed E-state index contributed by atoms with van der Waals surface area (Å²) in [4.78, 5) is 0. The monoisotopic (exact) mass is 398 g/mol. The molecule has 1 aromatic heterocycles. The SMILES string of the molecule is CCCCS(=O)(=O)O.CCCCn1cc[n+](CCCCS(=O)(=O)[O-])c1. The van der Waals surface area contributed by atoms with Crippen molar-refractivity contribution in [3.05, 3.63) is 18.7 Å². The first-order valence-corrected chi connectivity index (χ1v) is 11.7. The second kappa shape index (κ2) is 12.4. The van der Waals surface area contributed by atoms with Gasteiger partial charge in [-0.1, -0.05) is 26.7 Å². The van der Waals surface area contributed by atoms with Crippen LogP contribution in [0.5, 0.6) is 0 Å². The van der Waals surface area contributed by atoms with Gasteiger partial charge in [-0.15, -0.1) is 0 Å². The predicted octanol–water partition coefficient (Wildman–Crippen LogP) is 1.58. The number of hydrogen-bond acceptors (Lipinski definition) is 5. The van der Waals surface area contributed by atoms with Gasteiger partial charge in [-0.3, -0.25) is 4.55 Å². The molecule has 0 saturated heterocycles. The molecule has 1 N–H and O–H groups in total. The molecule has 0 radical (unpaired) electrons. The minimum absolute atomic E-state index is 0.108. The molecular formula is C15H30N2O6S2. The maximum Gasteiger partial charge on any atom is 0.264 e. The van der Waals surface area contributed by atoms with Crippen LogP contribution in [-0.2, 0) is 33.3 Å². The predicted molar refractivity (Wildman–Crippen MR) is 94.7 cm³/mol. The average molecular weight is 399 g/mol. The van der Waals surface area contributed by atoms with Gasteiger partial charge in [-0.05, 0) is 25.7 Å². The van der Waals surface area contributed by atoms with Crippen LogP contribution in [0.25, 0.3) is 0 Å². The molecule has 0 unspecified atom stereocenters. The van der Waals surface area contributed by atoms with E-state index in [1.165, 1.54) is 6.42 Å². The van der Waals surface area contributed by atoms with E-state index in [0.29, 0.717) is 19.3 Å². The Bertz CT molecular complexity index is 668.